The van der Waals surface area contributed by atoms with Gasteiger partial charge in [-0.25, -0.2) is 4.79 Å². The van der Waals surface area contributed by atoms with Crippen molar-refractivity contribution in [3.8, 4) is 0 Å². The monoisotopic (exact) mass is 289 g/mol. The van der Waals surface area contributed by atoms with Gasteiger partial charge in [-0.2, -0.15) is 5.10 Å². The Hall–Kier alpha value is -2.41. The lowest BCUT2D eigenvalue weighted by Crippen LogP contribution is -2.63. The number of carbonyl (C=O) groups is 2. The van der Waals surface area contributed by atoms with Crippen molar-refractivity contribution >= 4 is 22.8 Å². The molecule has 7 heteroatoms. The summed E-state index contributed by atoms with van der Waals surface area (Å²) in [5, 5.41) is 16.3. The van der Waals surface area contributed by atoms with Crippen LogP contribution in [-0.4, -0.2) is 57.4 Å². The molecule has 21 heavy (non-hydrogen) atoms. The molecule has 3 rings (SSSR count). The van der Waals surface area contributed by atoms with Gasteiger partial charge in [-0.1, -0.05) is 6.07 Å². The number of carbonyl (C=O) groups excluding carboxylic acids is 1. The minimum atomic E-state index is -1.01. The molecule has 110 valence electrons. The van der Waals surface area contributed by atoms with E-state index in [-0.39, 0.29) is 12.5 Å². The number of aromatic amines is 1. The molecular weight excluding hydrogens is 274 g/mol. The first-order valence-electron chi connectivity index (χ1n) is 6.55. The molecule has 1 saturated heterocycles. The highest BCUT2D eigenvalue weighted by molar-refractivity contribution is 5.98. The summed E-state index contributed by atoms with van der Waals surface area (Å²) >= 11 is 0. The van der Waals surface area contributed by atoms with Crippen molar-refractivity contribution in [1.29, 1.82) is 0 Å². The van der Waals surface area contributed by atoms with Crippen molar-refractivity contribution in [3.63, 3.8) is 0 Å². The highest BCUT2D eigenvalue weighted by Gasteiger charge is 2.42. The number of nitrogens with zero attached hydrogens (tertiary/aromatic N) is 2. The second-order valence-electron chi connectivity index (χ2n) is 5.47. The smallest absolute Gasteiger partial charge is 0.329 e. The average Bonchev–Trinajstić information content (AvgIpc) is 2.88. The molecule has 1 aliphatic heterocycles. The second-order valence-corrected chi connectivity index (χ2v) is 5.47. The molecule has 7 nitrogen and oxygen atoms in total. The number of nitrogens with one attached hydrogen (secondary N) is 1. The van der Waals surface area contributed by atoms with Gasteiger partial charge >= 0.3 is 5.97 Å². The Kier molecular flexibility index (Phi) is 3.13. The first-order chi connectivity index (χ1) is 9.97. The Morgan fingerprint density at radius 1 is 1.48 bits per heavy atom. The predicted molar refractivity (Wildman–Crippen MR) is 74.0 cm³/mol. The van der Waals surface area contributed by atoms with E-state index >= 15 is 0 Å². The topological polar surface area (TPSA) is 95.5 Å². The van der Waals surface area contributed by atoms with Crippen molar-refractivity contribution in [1.82, 2.24) is 15.1 Å². The summed E-state index contributed by atoms with van der Waals surface area (Å²) < 4.78 is 5.29. The first kappa shape index (κ1) is 13.6. The molecule has 0 spiro atoms. The number of hydrogen-bond acceptors (Lipinski definition) is 4. The van der Waals surface area contributed by atoms with Gasteiger partial charge in [0.2, 0.25) is 0 Å². The van der Waals surface area contributed by atoms with Crippen molar-refractivity contribution in [3.05, 3.63) is 30.0 Å². The van der Waals surface area contributed by atoms with E-state index in [1.165, 1.54) is 0 Å². The van der Waals surface area contributed by atoms with Gasteiger partial charge in [-0.05, 0) is 19.1 Å². The zero-order valence-corrected chi connectivity index (χ0v) is 11.5. The van der Waals surface area contributed by atoms with Crippen LogP contribution in [0.4, 0.5) is 0 Å². The predicted octanol–water partition coefficient (Wildman–Crippen LogP) is 0.879. The summed E-state index contributed by atoms with van der Waals surface area (Å²) in [6.07, 6.45) is 1.70. The molecule has 2 heterocycles. The standard InChI is InChI=1S/C14H15N3O4/c1-14(21-6-12(18)19)7-17(8-14)13(20)9-2-3-10-5-15-16-11(10)4-9/h2-5H,6-8H2,1H3,(H,15,16)(H,18,19). The van der Waals surface area contributed by atoms with E-state index in [2.05, 4.69) is 10.2 Å². The SMILES string of the molecule is CC1(OCC(=O)O)CN(C(=O)c2ccc3cn[nH]c3c2)C1. The van der Waals surface area contributed by atoms with Crippen LogP contribution in [0.2, 0.25) is 0 Å². The van der Waals surface area contributed by atoms with Gasteiger partial charge in [0, 0.05) is 10.9 Å². The van der Waals surface area contributed by atoms with Gasteiger partial charge < -0.3 is 14.7 Å². The zero-order valence-electron chi connectivity index (χ0n) is 11.5. The molecule has 0 atom stereocenters. The lowest BCUT2D eigenvalue weighted by Gasteiger charge is -2.47. The maximum atomic E-state index is 12.3. The van der Waals surface area contributed by atoms with Gasteiger partial charge in [0.25, 0.3) is 5.91 Å². The van der Waals surface area contributed by atoms with Crippen LogP contribution >= 0.6 is 0 Å². The van der Waals surface area contributed by atoms with Crippen LogP contribution in [0.15, 0.2) is 24.4 Å². The van der Waals surface area contributed by atoms with Gasteiger partial charge in [0.1, 0.15) is 12.2 Å². The molecule has 2 aromatic rings. The maximum absolute atomic E-state index is 12.3. The summed E-state index contributed by atoms with van der Waals surface area (Å²) in [7, 11) is 0. The summed E-state index contributed by atoms with van der Waals surface area (Å²) in [5.41, 5.74) is 0.810. The van der Waals surface area contributed by atoms with Gasteiger partial charge in [-0.3, -0.25) is 9.89 Å². The third kappa shape index (κ3) is 2.59. The van der Waals surface area contributed by atoms with E-state index in [9.17, 15) is 9.59 Å². The van der Waals surface area contributed by atoms with Crippen molar-refractivity contribution in [2.45, 2.75) is 12.5 Å². The molecule has 0 radical (unpaired) electrons. The Morgan fingerprint density at radius 2 is 2.24 bits per heavy atom. The van der Waals surface area contributed by atoms with Crippen molar-refractivity contribution in [2.24, 2.45) is 0 Å². The molecule has 1 aromatic heterocycles. The third-order valence-corrected chi connectivity index (χ3v) is 3.57. The normalized spacial score (nSPS) is 16.7. The van der Waals surface area contributed by atoms with Crippen LogP contribution in [0.3, 0.4) is 0 Å². The first-order valence-corrected chi connectivity index (χ1v) is 6.55. The minimum Gasteiger partial charge on any atom is -0.480 e. The van der Waals surface area contributed by atoms with Gasteiger partial charge in [0.15, 0.2) is 0 Å². The van der Waals surface area contributed by atoms with E-state index in [0.717, 1.165) is 10.9 Å². The molecule has 1 fully saturated rings. The Morgan fingerprint density at radius 3 is 2.95 bits per heavy atom. The van der Waals surface area contributed by atoms with Gasteiger partial charge in [0.05, 0.1) is 24.8 Å². The summed E-state index contributed by atoms with van der Waals surface area (Å²) in [4.78, 5) is 24.5. The van der Waals surface area contributed by atoms with Crippen LogP contribution in [0.25, 0.3) is 10.9 Å². The fourth-order valence-corrected chi connectivity index (χ4v) is 2.48. The average molecular weight is 289 g/mol. The van der Waals surface area contributed by atoms with E-state index in [4.69, 9.17) is 9.84 Å². The molecular formula is C14H15N3O4. The molecule has 0 saturated carbocycles. The number of hydrogen-bond donors (Lipinski definition) is 2. The Balaban J connectivity index is 1.66. The number of aliphatic carboxylic acids is 1. The highest BCUT2D eigenvalue weighted by atomic mass is 16.5. The molecule has 2 N–H and O–H groups in total. The van der Waals surface area contributed by atoms with Crippen LogP contribution in [0.5, 0.6) is 0 Å². The lowest BCUT2D eigenvalue weighted by atomic mass is 9.95. The maximum Gasteiger partial charge on any atom is 0.329 e. The van der Waals surface area contributed by atoms with E-state index in [1.54, 1.807) is 30.2 Å². The Labute approximate surface area is 120 Å². The molecule has 1 amide bonds. The largest absolute Gasteiger partial charge is 0.480 e. The summed E-state index contributed by atoms with van der Waals surface area (Å²) in [5.74, 6) is -1.10. The van der Waals surface area contributed by atoms with Crippen LogP contribution in [-0.2, 0) is 9.53 Å². The number of fused-ring (bicyclic) bond motifs is 1. The number of benzene rings is 1. The summed E-state index contributed by atoms with van der Waals surface area (Å²) in [6.45, 7) is 2.23. The third-order valence-electron chi connectivity index (χ3n) is 3.57. The Bertz CT molecular complexity index is 703. The molecule has 1 aromatic carbocycles. The summed E-state index contributed by atoms with van der Waals surface area (Å²) in [6, 6.07) is 5.36. The molecule has 0 unspecified atom stereocenters. The van der Waals surface area contributed by atoms with E-state index in [0.29, 0.717) is 18.7 Å². The van der Waals surface area contributed by atoms with Crippen LogP contribution < -0.4 is 0 Å². The molecule has 0 bridgehead atoms. The van der Waals surface area contributed by atoms with Crippen molar-refractivity contribution in [2.75, 3.05) is 19.7 Å². The fourth-order valence-electron chi connectivity index (χ4n) is 2.48. The minimum absolute atomic E-state index is 0.0945. The number of likely N-dealkylation sites (tertiary alicyclic amines) is 1. The molecule has 0 aliphatic carbocycles. The number of rotatable bonds is 4. The number of carboxylic acid groups (broad SMARTS) is 1. The van der Waals surface area contributed by atoms with Crippen LogP contribution in [0, 0.1) is 0 Å². The van der Waals surface area contributed by atoms with E-state index < -0.39 is 11.6 Å². The van der Waals surface area contributed by atoms with E-state index in [1.807, 2.05) is 6.07 Å². The zero-order chi connectivity index (χ0) is 15.0. The number of H-pyrrole nitrogens is 1. The number of aromatic nitrogens is 2. The van der Waals surface area contributed by atoms with Crippen LogP contribution in [0.1, 0.15) is 17.3 Å². The number of ether oxygens (including phenoxy) is 1. The van der Waals surface area contributed by atoms with Gasteiger partial charge in [-0.15, -0.1) is 0 Å². The quantitative estimate of drug-likeness (QED) is 0.871. The fraction of sp³-hybridized carbons (Fsp3) is 0.357. The molecule has 1 aliphatic rings. The second kappa shape index (κ2) is 4.85. The number of carboxylic acids is 1. The highest BCUT2D eigenvalue weighted by Crippen LogP contribution is 2.27. The lowest BCUT2D eigenvalue weighted by molar-refractivity contribution is -0.159. The number of amides is 1. The van der Waals surface area contributed by atoms with Crippen molar-refractivity contribution < 1.29 is 19.4 Å².